The molecule has 1 heterocycles. The molecule has 78 valence electrons. The minimum atomic E-state index is 0.328. The molecule has 0 aromatic heterocycles. The largest absolute Gasteiger partial charge is 0.257 e. The van der Waals surface area contributed by atoms with Gasteiger partial charge in [-0.05, 0) is 18.5 Å². The summed E-state index contributed by atoms with van der Waals surface area (Å²) in [5, 5.41) is 0. The molecule has 1 nitrogen and oxygen atoms in total. The van der Waals surface area contributed by atoms with Gasteiger partial charge in [0.25, 0.3) is 0 Å². The van der Waals surface area contributed by atoms with Gasteiger partial charge in [-0.25, -0.2) is 0 Å². The molecule has 2 rings (SSSR count). The van der Waals surface area contributed by atoms with E-state index in [1.54, 1.807) is 0 Å². The van der Waals surface area contributed by atoms with Crippen molar-refractivity contribution in [2.75, 3.05) is 0 Å². The number of rotatable bonds is 0. The fraction of sp³-hybridized carbons (Fsp3) is 0.462. The Hall–Kier alpha value is -1.11. The summed E-state index contributed by atoms with van der Waals surface area (Å²) >= 11 is 0. The van der Waals surface area contributed by atoms with Gasteiger partial charge < -0.3 is 0 Å². The number of hydrogen-bond acceptors (Lipinski definition) is 1. The molecule has 0 bridgehead atoms. The van der Waals surface area contributed by atoms with Gasteiger partial charge in [0.1, 0.15) is 0 Å². The first-order chi connectivity index (χ1) is 7.40. The van der Waals surface area contributed by atoms with Crippen molar-refractivity contribution in [3.05, 3.63) is 29.8 Å². The molecule has 1 aromatic carbocycles. The lowest BCUT2D eigenvalue weighted by Crippen LogP contribution is -1.87. The highest BCUT2D eigenvalue weighted by atomic mass is 14.8. The molecule has 1 aliphatic rings. The lowest BCUT2D eigenvalue weighted by molar-refractivity contribution is 1.39. The van der Waals surface area contributed by atoms with Gasteiger partial charge in [-0.15, -0.1) is 0 Å². The third-order valence-corrected chi connectivity index (χ3v) is 1.66. The Balaban J connectivity index is 0.000000442. The van der Waals surface area contributed by atoms with Crippen molar-refractivity contribution in [2.45, 2.75) is 41.0 Å². The highest BCUT2D eigenvalue weighted by Crippen LogP contribution is 2.25. The molecule has 0 spiro atoms. The van der Waals surface area contributed by atoms with Crippen LogP contribution < -0.4 is 0 Å². The quantitative estimate of drug-likeness (QED) is 0.578. The summed E-state index contributed by atoms with van der Waals surface area (Å²) in [6, 6.07) is 8.07. The minimum Gasteiger partial charge on any atom is -0.257 e. The van der Waals surface area contributed by atoms with Crippen molar-refractivity contribution in [3.8, 4) is 0 Å². The molecular weight excluding hydrogens is 170 g/mol. The zero-order chi connectivity index (χ0) is 11.7. The lowest BCUT2D eigenvalue weighted by atomic mass is 10.1. The van der Waals surface area contributed by atoms with Crippen molar-refractivity contribution in [3.63, 3.8) is 0 Å². The molecule has 0 aliphatic carbocycles. The first-order valence-electron chi connectivity index (χ1n) is 6.04. The summed E-state index contributed by atoms with van der Waals surface area (Å²) in [5.41, 5.74) is 3.29. The topological polar surface area (TPSA) is 12.4 Å². The minimum absolute atomic E-state index is 0.328. The average Bonchev–Trinajstić information content (AvgIpc) is 2.77. The number of benzene rings is 1. The van der Waals surface area contributed by atoms with E-state index >= 15 is 0 Å². The SMILES string of the molecule is CC.CC.[2H]CC1=Nc2ccccc2C1. The van der Waals surface area contributed by atoms with E-state index in [1.165, 1.54) is 5.56 Å². The monoisotopic (exact) mass is 192 g/mol. The normalized spacial score (nSPS) is 12.3. The van der Waals surface area contributed by atoms with E-state index in [9.17, 15) is 0 Å². The number of nitrogens with zero attached hydrogens (tertiary/aromatic N) is 1. The number of hydrogen-bond donors (Lipinski definition) is 0. The van der Waals surface area contributed by atoms with Crippen molar-refractivity contribution >= 4 is 11.4 Å². The maximum atomic E-state index is 7.14. The predicted octanol–water partition coefficient (Wildman–Crippen LogP) is 4.39. The van der Waals surface area contributed by atoms with Crippen LogP contribution in [-0.2, 0) is 6.42 Å². The van der Waals surface area contributed by atoms with Crippen LogP contribution in [0.1, 0.15) is 41.5 Å². The molecule has 1 aromatic rings. The van der Waals surface area contributed by atoms with Gasteiger partial charge in [-0.3, -0.25) is 4.99 Å². The van der Waals surface area contributed by atoms with Gasteiger partial charge >= 0.3 is 0 Å². The van der Waals surface area contributed by atoms with Gasteiger partial charge in [-0.2, -0.15) is 0 Å². The van der Waals surface area contributed by atoms with Crippen molar-refractivity contribution in [1.29, 1.82) is 0 Å². The molecule has 1 heteroatoms. The highest BCUT2D eigenvalue weighted by Gasteiger charge is 2.08. The fourth-order valence-corrected chi connectivity index (χ4v) is 1.20. The predicted molar refractivity (Wildman–Crippen MR) is 65.6 cm³/mol. The molecule has 0 saturated carbocycles. The summed E-state index contributed by atoms with van der Waals surface area (Å²) < 4.78 is 7.14. The molecule has 0 radical (unpaired) electrons. The van der Waals surface area contributed by atoms with Gasteiger partial charge in [0.2, 0.25) is 0 Å². The zero-order valence-electron chi connectivity index (χ0n) is 10.7. The summed E-state index contributed by atoms with van der Waals surface area (Å²) in [7, 11) is 0. The van der Waals surface area contributed by atoms with Crippen LogP contribution in [0.25, 0.3) is 0 Å². The van der Waals surface area contributed by atoms with Gasteiger partial charge in [0, 0.05) is 13.5 Å². The third kappa shape index (κ3) is 3.33. The number of para-hydroxylation sites is 1. The molecule has 0 N–H and O–H groups in total. The molecule has 0 fully saturated rings. The Morgan fingerprint density at radius 1 is 1.14 bits per heavy atom. The average molecular weight is 192 g/mol. The van der Waals surface area contributed by atoms with E-state index in [-0.39, 0.29) is 0 Å². The first kappa shape index (κ1) is 11.0. The maximum absolute atomic E-state index is 7.14. The Morgan fingerprint density at radius 3 is 2.36 bits per heavy atom. The van der Waals surface area contributed by atoms with Crippen LogP contribution in [0.15, 0.2) is 29.3 Å². The fourth-order valence-electron chi connectivity index (χ4n) is 1.20. The standard InChI is InChI=1S/C9H9N.2C2H6/c1-7-6-8-4-2-3-5-9(8)10-7;2*1-2/h2-5H,6H2,1H3;2*1-2H3/i1D;;. The molecule has 0 atom stereocenters. The summed E-state index contributed by atoms with van der Waals surface area (Å²) in [6.45, 7) is 8.33. The number of aliphatic imine (C=N–C) groups is 1. The van der Waals surface area contributed by atoms with Crippen LogP contribution in [0, 0.1) is 0 Å². The third-order valence-electron chi connectivity index (χ3n) is 1.66. The van der Waals surface area contributed by atoms with Crippen LogP contribution in [0.3, 0.4) is 0 Å². The van der Waals surface area contributed by atoms with Crippen LogP contribution in [0.4, 0.5) is 5.69 Å². The van der Waals surface area contributed by atoms with Crippen LogP contribution in [-0.4, -0.2) is 5.71 Å². The summed E-state index contributed by atoms with van der Waals surface area (Å²) in [5.74, 6) is 0. The van der Waals surface area contributed by atoms with Crippen LogP contribution in [0.2, 0.25) is 0 Å². The van der Waals surface area contributed by atoms with Gasteiger partial charge in [0.15, 0.2) is 0 Å². The first-order valence-corrected chi connectivity index (χ1v) is 5.34. The Morgan fingerprint density at radius 2 is 1.79 bits per heavy atom. The zero-order valence-corrected chi connectivity index (χ0v) is 9.67. The smallest absolute Gasteiger partial charge is 0.0664 e. The van der Waals surface area contributed by atoms with Gasteiger partial charge in [0.05, 0.1) is 5.69 Å². The van der Waals surface area contributed by atoms with Crippen molar-refractivity contribution in [2.24, 2.45) is 4.99 Å². The van der Waals surface area contributed by atoms with Crippen molar-refractivity contribution < 1.29 is 1.37 Å². The van der Waals surface area contributed by atoms with Gasteiger partial charge in [-0.1, -0.05) is 45.9 Å². The summed E-state index contributed by atoms with van der Waals surface area (Å²) in [4.78, 5) is 4.30. The van der Waals surface area contributed by atoms with Crippen molar-refractivity contribution in [1.82, 2.24) is 0 Å². The van der Waals surface area contributed by atoms with E-state index in [1.807, 2.05) is 45.9 Å². The lowest BCUT2D eigenvalue weighted by Gasteiger charge is -1.91. The highest BCUT2D eigenvalue weighted by molar-refractivity contribution is 5.91. The van der Waals surface area contributed by atoms with E-state index in [4.69, 9.17) is 1.37 Å². The summed E-state index contributed by atoms with van der Waals surface area (Å²) in [6.07, 6.45) is 0.875. The molecule has 1 aliphatic heterocycles. The second kappa shape index (κ2) is 7.31. The molecule has 0 unspecified atom stereocenters. The van der Waals surface area contributed by atoms with Crippen LogP contribution in [0.5, 0.6) is 0 Å². The van der Waals surface area contributed by atoms with E-state index in [2.05, 4.69) is 11.1 Å². The molecule has 14 heavy (non-hydrogen) atoms. The Kier molecular flexibility index (Phi) is 5.73. The second-order valence-electron chi connectivity index (χ2n) is 2.48. The second-order valence-corrected chi connectivity index (χ2v) is 2.48. The Bertz CT molecular complexity index is 305. The van der Waals surface area contributed by atoms with E-state index < -0.39 is 0 Å². The van der Waals surface area contributed by atoms with E-state index in [0.29, 0.717) is 6.90 Å². The molecule has 0 saturated heterocycles. The maximum Gasteiger partial charge on any atom is 0.0664 e. The van der Waals surface area contributed by atoms with Crippen LogP contribution >= 0.6 is 0 Å². The Labute approximate surface area is 89.3 Å². The van der Waals surface area contributed by atoms with E-state index in [0.717, 1.165) is 17.8 Å². The molecular formula is C13H21N. The number of fused-ring (bicyclic) bond motifs is 1. The molecule has 0 amide bonds.